The van der Waals surface area contributed by atoms with Gasteiger partial charge in [0.05, 0.1) is 11.0 Å². The average molecular weight is 265 g/mol. The summed E-state index contributed by atoms with van der Waals surface area (Å²) in [5.74, 6) is 0.365. The summed E-state index contributed by atoms with van der Waals surface area (Å²) in [4.78, 5) is 19.9. The highest BCUT2D eigenvalue weighted by Gasteiger charge is 2.09. The lowest BCUT2D eigenvalue weighted by Gasteiger charge is -2.07. The van der Waals surface area contributed by atoms with Crippen molar-refractivity contribution in [2.24, 2.45) is 0 Å². The summed E-state index contributed by atoms with van der Waals surface area (Å²) in [7, 11) is 0. The van der Waals surface area contributed by atoms with Crippen molar-refractivity contribution in [1.29, 1.82) is 0 Å². The first-order chi connectivity index (χ1) is 8.60. The molecule has 0 saturated heterocycles. The van der Waals surface area contributed by atoms with Crippen LogP contribution < -0.4 is 11.1 Å². The van der Waals surface area contributed by atoms with E-state index >= 15 is 0 Å². The zero-order valence-corrected chi connectivity index (χ0v) is 10.7. The Balaban J connectivity index is 2.37. The number of nitrogens with one attached hydrogen (secondary N) is 1. The Kier molecular flexibility index (Phi) is 3.62. The first kappa shape index (κ1) is 12.6. The SMILES string of the molecule is CCCC(=O)Nc1nc2ccc(Cl)cc2nc1N. The molecule has 3 N–H and O–H groups in total. The molecule has 0 saturated carbocycles. The zero-order valence-electron chi connectivity index (χ0n) is 9.90. The van der Waals surface area contributed by atoms with Crippen LogP contribution in [0.25, 0.3) is 11.0 Å². The summed E-state index contributed by atoms with van der Waals surface area (Å²) in [6.45, 7) is 1.93. The van der Waals surface area contributed by atoms with Crippen molar-refractivity contribution < 1.29 is 4.79 Å². The standard InChI is InChI=1S/C12H13ClN4O/c1-2-3-10(18)17-12-11(14)15-9-6-7(13)4-5-8(9)16-12/h4-6H,2-3H2,1H3,(H2,14,15)(H,16,17,18). The number of anilines is 2. The number of nitrogens with zero attached hydrogens (tertiary/aromatic N) is 2. The first-order valence-electron chi connectivity index (χ1n) is 5.62. The van der Waals surface area contributed by atoms with Crippen molar-refractivity contribution in [1.82, 2.24) is 9.97 Å². The molecule has 0 unspecified atom stereocenters. The quantitative estimate of drug-likeness (QED) is 0.893. The van der Waals surface area contributed by atoms with E-state index in [0.717, 1.165) is 6.42 Å². The van der Waals surface area contributed by atoms with Gasteiger partial charge < -0.3 is 11.1 Å². The molecule has 0 bridgehead atoms. The molecule has 0 radical (unpaired) electrons. The van der Waals surface area contributed by atoms with Gasteiger partial charge in [-0.15, -0.1) is 0 Å². The highest BCUT2D eigenvalue weighted by molar-refractivity contribution is 6.31. The number of nitrogen functional groups attached to an aromatic ring is 1. The number of fused-ring (bicyclic) bond motifs is 1. The van der Waals surface area contributed by atoms with Gasteiger partial charge in [-0.25, -0.2) is 9.97 Å². The van der Waals surface area contributed by atoms with Crippen LogP contribution in [0.5, 0.6) is 0 Å². The van der Waals surface area contributed by atoms with Crippen molar-refractivity contribution in [3.63, 3.8) is 0 Å². The van der Waals surface area contributed by atoms with E-state index in [1.807, 2.05) is 6.92 Å². The molecule has 94 valence electrons. The van der Waals surface area contributed by atoms with Crippen LogP contribution >= 0.6 is 11.6 Å². The molecule has 1 aromatic heterocycles. The summed E-state index contributed by atoms with van der Waals surface area (Å²) in [5, 5.41) is 3.22. The van der Waals surface area contributed by atoms with Gasteiger partial charge in [0.2, 0.25) is 5.91 Å². The minimum absolute atomic E-state index is 0.119. The van der Waals surface area contributed by atoms with Gasteiger partial charge in [-0.05, 0) is 24.6 Å². The number of halogens is 1. The largest absolute Gasteiger partial charge is 0.381 e. The highest BCUT2D eigenvalue weighted by atomic mass is 35.5. The van der Waals surface area contributed by atoms with E-state index in [0.29, 0.717) is 28.3 Å². The molecular weight excluding hydrogens is 252 g/mol. The summed E-state index contributed by atoms with van der Waals surface area (Å²) in [5.41, 5.74) is 6.99. The second-order valence-electron chi connectivity index (χ2n) is 3.89. The van der Waals surface area contributed by atoms with Gasteiger partial charge in [0, 0.05) is 11.4 Å². The number of hydrogen-bond donors (Lipinski definition) is 2. The van der Waals surface area contributed by atoms with Crippen LogP contribution in [-0.4, -0.2) is 15.9 Å². The van der Waals surface area contributed by atoms with Crippen molar-refractivity contribution in [3.05, 3.63) is 23.2 Å². The van der Waals surface area contributed by atoms with E-state index in [-0.39, 0.29) is 11.7 Å². The molecular formula is C12H13ClN4O. The van der Waals surface area contributed by atoms with Crippen LogP contribution in [0.4, 0.5) is 11.6 Å². The monoisotopic (exact) mass is 264 g/mol. The van der Waals surface area contributed by atoms with Crippen LogP contribution in [0.2, 0.25) is 5.02 Å². The molecule has 0 aliphatic carbocycles. The van der Waals surface area contributed by atoms with Gasteiger partial charge in [-0.1, -0.05) is 18.5 Å². The van der Waals surface area contributed by atoms with Gasteiger partial charge in [0.15, 0.2) is 11.6 Å². The van der Waals surface area contributed by atoms with Crippen molar-refractivity contribution in [3.8, 4) is 0 Å². The summed E-state index contributed by atoms with van der Waals surface area (Å²) in [6, 6.07) is 5.13. The van der Waals surface area contributed by atoms with Gasteiger partial charge in [-0.2, -0.15) is 0 Å². The average Bonchev–Trinajstić information content (AvgIpc) is 2.31. The lowest BCUT2D eigenvalue weighted by molar-refractivity contribution is -0.116. The number of aromatic nitrogens is 2. The second-order valence-corrected chi connectivity index (χ2v) is 4.33. The molecule has 0 fully saturated rings. The van der Waals surface area contributed by atoms with E-state index in [1.165, 1.54) is 0 Å². The predicted molar refractivity (Wildman–Crippen MR) is 72.5 cm³/mol. The van der Waals surface area contributed by atoms with E-state index in [2.05, 4.69) is 15.3 Å². The third-order valence-corrected chi connectivity index (χ3v) is 2.62. The van der Waals surface area contributed by atoms with Crippen LogP contribution in [0.3, 0.4) is 0 Å². The van der Waals surface area contributed by atoms with Crippen LogP contribution in [-0.2, 0) is 4.79 Å². The summed E-state index contributed by atoms with van der Waals surface area (Å²) >= 11 is 5.86. The molecule has 0 aliphatic heterocycles. The predicted octanol–water partition coefficient (Wildman–Crippen LogP) is 2.60. The molecule has 18 heavy (non-hydrogen) atoms. The minimum Gasteiger partial charge on any atom is -0.381 e. The lowest BCUT2D eigenvalue weighted by Crippen LogP contribution is -2.14. The molecule has 1 aromatic carbocycles. The fraction of sp³-hybridized carbons (Fsp3) is 0.250. The maximum absolute atomic E-state index is 11.5. The molecule has 2 rings (SSSR count). The molecule has 5 nitrogen and oxygen atoms in total. The molecule has 0 spiro atoms. The zero-order chi connectivity index (χ0) is 13.1. The first-order valence-corrected chi connectivity index (χ1v) is 6.00. The molecule has 0 atom stereocenters. The Morgan fingerprint density at radius 3 is 2.89 bits per heavy atom. The van der Waals surface area contributed by atoms with Gasteiger partial charge in [0.25, 0.3) is 0 Å². The summed E-state index contributed by atoms with van der Waals surface area (Å²) < 4.78 is 0. The van der Waals surface area contributed by atoms with Crippen molar-refractivity contribution in [2.75, 3.05) is 11.1 Å². The Labute approximate surface area is 109 Å². The topological polar surface area (TPSA) is 80.9 Å². The number of nitrogens with two attached hydrogens (primary N) is 1. The number of hydrogen-bond acceptors (Lipinski definition) is 4. The van der Waals surface area contributed by atoms with Crippen LogP contribution in [0.1, 0.15) is 19.8 Å². The second kappa shape index (κ2) is 5.18. The fourth-order valence-corrected chi connectivity index (χ4v) is 1.72. The Bertz CT molecular complexity index is 600. The molecule has 1 amide bonds. The number of carbonyl (C=O) groups excluding carboxylic acids is 1. The molecule has 0 aliphatic rings. The number of benzene rings is 1. The van der Waals surface area contributed by atoms with E-state index in [1.54, 1.807) is 18.2 Å². The van der Waals surface area contributed by atoms with Crippen molar-refractivity contribution >= 4 is 40.2 Å². The van der Waals surface area contributed by atoms with Crippen LogP contribution in [0.15, 0.2) is 18.2 Å². The molecule has 1 heterocycles. The van der Waals surface area contributed by atoms with E-state index < -0.39 is 0 Å². The molecule has 2 aromatic rings. The van der Waals surface area contributed by atoms with Gasteiger partial charge >= 0.3 is 0 Å². The third kappa shape index (κ3) is 2.68. The Hall–Kier alpha value is -1.88. The smallest absolute Gasteiger partial charge is 0.225 e. The third-order valence-electron chi connectivity index (χ3n) is 2.39. The highest BCUT2D eigenvalue weighted by Crippen LogP contribution is 2.21. The Morgan fingerprint density at radius 1 is 1.39 bits per heavy atom. The van der Waals surface area contributed by atoms with Gasteiger partial charge in [0.1, 0.15) is 0 Å². The number of rotatable bonds is 3. The lowest BCUT2D eigenvalue weighted by atomic mass is 10.3. The number of carbonyl (C=O) groups is 1. The van der Waals surface area contributed by atoms with Gasteiger partial charge in [-0.3, -0.25) is 4.79 Å². The maximum atomic E-state index is 11.5. The van der Waals surface area contributed by atoms with E-state index in [4.69, 9.17) is 17.3 Å². The Morgan fingerprint density at radius 2 is 2.17 bits per heavy atom. The summed E-state index contributed by atoms with van der Waals surface area (Å²) in [6.07, 6.45) is 1.20. The maximum Gasteiger partial charge on any atom is 0.225 e. The van der Waals surface area contributed by atoms with Crippen molar-refractivity contribution in [2.45, 2.75) is 19.8 Å². The number of amides is 1. The molecule has 6 heteroatoms. The van der Waals surface area contributed by atoms with Crippen LogP contribution in [0, 0.1) is 0 Å². The normalized spacial score (nSPS) is 10.6. The minimum atomic E-state index is -0.119. The fourth-order valence-electron chi connectivity index (χ4n) is 1.55. The van der Waals surface area contributed by atoms with E-state index in [9.17, 15) is 4.79 Å².